The van der Waals surface area contributed by atoms with Crippen molar-refractivity contribution < 1.29 is 10.1 Å². The number of hydrogen-bond donors (Lipinski definition) is 2. The lowest BCUT2D eigenvalue weighted by Crippen LogP contribution is -2.14. The van der Waals surface area contributed by atoms with E-state index >= 15 is 0 Å². The molecule has 0 amide bonds. The highest BCUT2D eigenvalue weighted by molar-refractivity contribution is 8.01. The Morgan fingerprint density at radius 2 is 2.37 bits per heavy atom. The lowest BCUT2D eigenvalue weighted by Gasteiger charge is -2.05. The van der Waals surface area contributed by atoms with Crippen LogP contribution in [0.5, 0.6) is 0 Å². The van der Waals surface area contributed by atoms with Crippen LogP contribution in [0.4, 0.5) is 5.69 Å². The fourth-order valence-electron chi connectivity index (χ4n) is 1.28. The number of nitro groups is 1. The molecule has 2 rings (SSSR count). The van der Waals surface area contributed by atoms with Gasteiger partial charge >= 0.3 is 0 Å². The second-order valence-electron chi connectivity index (χ2n) is 3.23. The van der Waals surface area contributed by atoms with Crippen molar-refractivity contribution in [2.75, 3.05) is 0 Å². The standard InChI is InChI=1S/C9H7N5O3S2/c10-8(13-15)6-3-5(14(16)17)1-2-7(6)19-9-12-11-4-18-9/h1-4,15H,(H2,10,13). The van der Waals surface area contributed by atoms with Gasteiger partial charge in [0.2, 0.25) is 0 Å². The molecule has 98 valence electrons. The first kappa shape index (κ1) is 13.2. The quantitative estimate of drug-likeness (QED) is 0.289. The van der Waals surface area contributed by atoms with Crippen molar-refractivity contribution in [3.8, 4) is 0 Å². The first-order valence-electron chi connectivity index (χ1n) is 4.82. The summed E-state index contributed by atoms with van der Waals surface area (Å²) in [5, 5.41) is 29.9. The van der Waals surface area contributed by atoms with Crippen molar-refractivity contribution in [1.29, 1.82) is 0 Å². The highest BCUT2D eigenvalue weighted by Gasteiger charge is 2.15. The SMILES string of the molecule is NC(=NO)c1cc([N+](=O)[O-])ccc1Sc1nncs1. The van der Waals surface area contributed by atoms with Gasteiger partial charge in [0, 0.05) is 22.6 Å². The molecule has 0 bridgehead atoms. The molecule has 0 aliphatic heterocycles. The molecule has 0 fully saturated rings. The van der Waals surface area contributed by atoms with Crippen LogP contribution in [-0.2, 0) is 0 Å². The summed E-state index contributed by atoms with van der Waals surface area (Å²) in [6, 6.07) is 4.12. The summed E-state index contributed by atoms with van der Waals surface area (Å²) in [6.07, 6.45) is 0. The Balaban J connectivity index is 2.44. The molecule has 8 nitrogen and oxygen atoms in total. The number of rotatable bonds is 4. The molecule has 1 heterocycles. The van der Waals surface area contributed by atoms with E-state index in [1.54, 1.807) is 5.51 Å². The van der Waals surface area contributed by atoms with E-state index in [1.165, 1.54) is 41.3 Å². The highest BCUT2D eigenvalue weighted by atomic mass is 32.2. The predicted octanol–water partition coefficient (Wildman–Crippen LogP) is 1.69. The summed E-state index contributed by atoms with van der Waals surface area (Å²) in [5.74, 6) is -0.198. The number of oxime groups is 1. The maximum absolute atomic E-state index is 10.7. The maximum Gasteiger partial charge on any atom is 0.270 e. The van der Waals surface area contributed by atoms with E-state index in [1.807, 2.05) is 0 Å². The molecule has 2 aromatic rings. The van der Waals surface area contributed by atoms with Gasteiger partial charge in [0.25, 0.3) is 5.69 Å². The minimum absolute atomic E-state index is 0.136. The highest BCUT2D eigenvalue weighted by Crippen LogP contribution is 2.33. The molecule has 0 atom stereocenters. The Hall–Kier alpha value is -2.20. The van der Waals surface area contributed by atoms with E-state index in [9.17, 15) is 10.1 Å². The minimum atomic E-state index is -0.548. The molecule has 1 aromatic heterocycles. The van der Waals surface area contributed by atoms with E-state index in [-0.39, 0.29) is 17.1 Å². The minimum Gasteiger partial charge on any atom is -0.409 e. The summed E-state index contributed by atoms with van der Waals surface area (Å²) in [6.45, 7) is 0. The predicted molar refractivity (Wildman–Crippen MR) is 69.6 cm³/mol. The number of hydrogen-bond acceptors (Lipinski definition) is 8. The lowest BCUT2D eigenvalue weighted by molar-refractivity contribution is -0.384. The fraction of sp³-hybridized carbons (Fsp3) is 0. The van der Waals surface area contributed by atoms with Gasteiger partial charge in [-0.1, -0.05) is 28.3 Å². The third-order valence-electron chi connectivity index (χ3n) is 2.09. The molecule has 0 aliphatic carbocycles. The molecule has 0 spiro atoms. The van der Waals surface area contributed by atoms with Gasteiger partial charge in [0.05, 0.1) is 4.92 Å². The largest absolute Gasteiger partial charge is 0.409 e. The van der Waals surface area contributed by atoms with Crippen molar-refractivity contribution in [1.82, 2.24) is 10.2 Å². The van der Waals surface area contributed by atoms with E-state index < -0.39 is 4.92 Å². The normalized spacial score (nSPS) is 11.5. The lowest BCUT2D eigenvalue weighted by atomic mass is 10.2. The molecule has 19 heavy (non-hydrogen) atoms. The number of benzene rings is 1. The smallest absolute Gasteiger partial charge is 0.270 e. The van der Waals surface area contributed by atoms with Crippen LogP contribution in [0.25, 0.3) is 0 Å². The number of amidine groups is 1. The number of aromatic nitrogens is 2. The van der Waals surface area contributed by atoms with Crippen molar-refractivity contribution in [3.05, 3.63) is 39.4 Å². The molecule has 0 aliphatic rings. The number of nitro benzene ring substituents is 1. The summed E-state index contributed by atoms with van der Waals surface area (Å²) < 4.78 is 0.654. The molecule has 10 heteroatoms. The van der Waals surface area contributed by atoms with Crippen molar-refractivity contribution >= 4 is 34.6 Å². The second-order valence-corrected chi connectivity index (χ2v) is 5.35. The molecule has 0 radical (unpaired) electrons. The van der Waals surface area contributed by atoms with E-state index in [0.29, 0.717) is 9.24 Å². The van der Waals surface area contributed by atoms with E-state index in [2.05, 4.69) is 15.4 Å². The van der Waals surface area contributed by atoms with Crippen LogP contribution in [-0.4, -0.2) is 26.2 Å². The van der Waals surface area contributed by atoms with Crippen LogP contribution < -0.4 is 5.73 Å². The molecular formula is C9H7N5O3S2. The second kappa shape index (κ2) is 5.63. The third kappa shape index (κ3) is 2.98. The van der Waals surface area contributed by atoms with Gasteiger partial charge in [0.15, 0.2) is 10.2 Å². The van der Waals surface area contributed by atoms with Crippen LogP contribution in [0.3, 0.4) is 0 Å². The summed E-state index contributed by atoms with van der Waals surface area (Å²) in [7, 11) is 0. The molecule has 0 saturated carbocycles. The van der Waals surface area contributed by atoms with Crippen LogP contribution in [0.2, 0.25) is 0 Å². The molecule has 0 saturated heterocycles. The molecular weight excluding hydrogens is 290 g/mol. The van der Waals surface area contributed by atoms with E-state index in [4.69, 9.17) is 10.9 Å². The average Bonchev–Trinajstić information content (AvgIpc) is 2.91. The summed E-state index contributed by atoms with van der Waals surface area (Å²) in [4.78, 5) is 10.8. The topological polar surface area (TPSA) is 128 Å². The Labute approximate surface area is 115 Å². The molecule has 0 unspecified atom stereocenters. The monoisotopic (exact) mass is 297 g/mol. The van der Waals surface area contributed by atoms with Crippen LogP contribution in [0.1, 0.15) is 5.56 Å². The van der Waals surface area contributed by atoms with Crippen LogP contribution >= 0.6 is 23.1 Å². The Bertz CT molecular complexity index is 629. The van der Waals surface area contributed by atoms with E-state index in [0.717, 1.165) is 0 Å². The Kier molecular flexibility index (Phi) is 3.92. The molecule has 1 aromatic carbocycles. The zero-order valence-electron chi connectivity index (χ0n) is 9.26. The van der Waals surface area contributed by atoms with Gasteiger partial charge in [-0.15, -0.1) is 10.2 Å². The van der Waals surface area contributed by atoms with Crippen molar-refractivity contribution in [3.63, 3.8) is 0 Å². The van der Waals surface area contributed by atoms with Crippen molar-refractivity contribution in [2.45, 2.75) is 9.24 Å². The van der Waals surface area contributed by atoms with Gasteiger partial charge in [0.1, 0.15) is 5.51 Å². The third-order valence-corrected chi connectivity index (χ3v) is 3.95. The van der Waals surface area contributed by atoms with Crippen molar-refractivity contribution in [2.24, 2.45) is 10.9 Å². The van der Waals surface area contributed by atoms with Gasteiger partial charge in [-0.3, -0.25) is 10.1 Å². The number of non-ortho nitro benzene ring substituents is 1. The Morgan fingerprint density at radius 3 is 2.95 bits per heavy atom. The van der Waals surface area contributed by atoms with Gasteiger partial charge in [-0.05, 0) is 6.07 Å². The number of nitrogens with zero attached hydrogens (tertiary/aromatic N) is 4. The Morgan fingerprint density at radius 1 is 1.58 bits per heavy atom. The van der Waals surface area contributed by atoms with Gasteiger partial charge < -0.3 is 10.9 Å². The maximum atomic E-state index is 10.7. The van der Waals surface area contributed by atoms with Gasteiger partial charge in [-0.25, -0.2) is 0 Å². The summed E-state index contributed by atoms with van der Waals surface area (Å²) in [5.41, 5.74) is 7.23. The zero-order chi connectivity index (χ0) is 13.8. The molecule has 3 N–H and O–H groups in total. The first-order valence-corrected chi connectivity index (χ1v) is 6.52. The fourth-order valence-corrected chi connectivity index (χ4v) is 2.83. The average molecular weight is 297 g/mol. The summed E-state index contributed by atoms with van der Waals surface area (Å²) >= 11 is 2.56. The van der Waals surface area contributed by atoms with Crippen LogP contribution in [0, 0.1) is 10.1 Å². The zero-order valence-corrected chi connectivity index (χ0v) is 10.9. The number of nitrogens with two attached hydrogens (primary N) is 1. The van der Waals surface area contributed by atoms with Gasteiger partial charge in [-0.2, -0.15) is 0 Å². The first-order chi connectivity index (χ1) is 9.11. The van der Waals surface area contributed by atoms with Crippen LogP contribution in [0.15, 0.2) is 38.1 Å².